The number of esters is 1. The first kappa shape index (κ1) is 11.4. The number of methoxy groups -OCH3 is 1. The Morgan fingerprint density at radius 1 is 1.50 bits per heavy atom. The molecule has 0 bridgehead atoms. The molecule has 0 radical (unpaired) electrons. The second-order valence-electron chi connectivity index (χ2n) is 2.44. The Kier molecular flexibility index (Phi) is 5.66. The minimum atomic E-state index is -0.509. The highest BCUT2D eigenvalue weighted by molar-refractivity contribution is 5.75. The number of aliphatic hydroxyl groups is 1. The van der Waals surface area contributed by atoms with E-state index in [1.807, 2.05) is 18.7 Å². The molecule has 1 atom stereocenters. The summed E-state index contributed by atoms with van der Waals surface area (Å²) in [6, 6.07) is -0.509. The number of hydrogen-bond acceptors (Lipinski definition) is 4. The second-order valence-corrected chi connectivity index (χ2v) is 2.44. The lowest BCUT2D eigenvalue weighted by atomic mass is 10.2. The number of hydrogen-bond donors (Lipinski definition) is 1. The molecule has 0 aromatic rings. The van der Waals surface area contributed by atoms with Gasteiger partial charge in [0.1, 0.15) is 6.04 Å². The monoisotopic (exact) mass is 175 g/mol. The van der Waals surface area contributed by atoms with Crippen molar-refractivity contribution in [1.29, 1.82) is 0 Å². The third-order valence-corrected chi connectivity index (χ3v) is 1.90. The Hall–Kier alpha value is -0.610. The van der Waals surface area contributed by atoms with Crippen LogP contribution in [0.4, 0.5) is 0 Å². The molecule has 0 aromatic carbocycles. The van der Waals surface area contributed by atoms with Crippen molar-refractivity contribution in [2.75, 3.05) is 26.8 Å². The van der Waals surface area contributed by atoms with Gasteiger partial charge in [0, 0.05) is 0 Å². The zero-order valence-corrected chi connectivity index (χ0v) is 7.91. The van der Waals surface area contributed by atoms with Gasteiger partial charge in [0.05, 0.1) is 13.7 Å². The zero-order chi connectivity index (χ0) is 9.56. The highest BCUT2D eigenvalue weighted by Gasteiger charge is 2.23. The van der Waals surface area contributed by atoms with Gasteiger partial charge in [0.25, 0.3) is 0 Å². The summed E-state index contributed by atoms with van der Waals surface area (Å²) in [5.41, 5.74) is 0. The molecule has 0 amide bonds. The lowest BCUT2D eigenvalue weighted by Gasteiger charge is -2.25. The normalized spacial score (nSPS) is 13.1. The lowest BCUT2D eigenvalue weighted by molar-refractivity contribution is -0.148. The highest BCUT2D eigenvalue weighted by Crippen LogP contribution is 1.99. The molecule has 0 spiro atoms. The first-order chi connectivity index (χ1) is 5.71. The van der Waals surface area contributed by atoms with Crippen LogP contribution in [0, 0.1) is 0 Å². The molecule has 0 saturated heterocycles. The minimum Gasteiger partial charge on any atom is -0.468 e. The number of carbonyl (C=O) groups excluding carboxylic acids is 1. The Morgan fingerprint density at radius 2 is 2.00 bits per heavy atom. The highest BCUT2D eigenvalue weighted by atomic mass is 16.5. The molecule has 4 heteroatoms. The topological polar surface area (TPSA) is 49.8 Å². The van der Waals surface area contributed by atoms with E-state index in [4.69, 9.17) is 5.11 Å². The van der Waals surface area contributed by atoms with Crippen LogP contribution in [-0.4, -0.2) is 48.8 Å². The van der Waals surface area contributed by atoms with Crippen LogP contribution >= 0.6 is 0 Å². The molecule has 0 aliphatic carbocycles. The van der Waals surface area contributed by atoms with E-state index >= 15 is 0 Å². The fourth-order valence-corrected chi connectivity index (χ4v) is 1.14. The minimum absolute atomic E-state index is 0.186. The maximum Gasteiger partial charge on any atom is 0.325 e. The SMILES string of the molecule is CCN(CC)C(CO)C(=O)OC. The van der Waals surface area contributed by atoms with Gasteiger partial charge >= 0.3 is 5.97 Å². The van der Waals surface area contributed by atoms with E-state index < -0.39 is 6.04 Å². The van der Waals surface area contributed by atoms with Crippen LogP contribution in [0.1, 0.15) is 13.8 Å². The molecule has 0 saturated carbocycles. The van der Waals surface area contributed by atoms with Crippen molar-refractivity contribution in [2.24, 2.45) is 0 Å². The predicted octanol–water partition coefficient (Wildman–Crippen LogP) is -0.138. The summed E-state index contributed by atoms with van der Waals surface area (Å²) >= 11 is 0. The second kappa shape index (κ2) is 5.97. The van der Waals surface area contributed by atoms with Gasteiger partial charge in [0.2, 0.25) is 0 Å². The van der Waals surface area contributed by atoms with E-state index in [9.17, 15) is 4.79 Å². The van der Waals surface area contributed by atoms with E-state index in [0.717, 1.165) is 13.1 Å². The molecule has 0 aliphatic rings. The van der Waals surface area contributed by atoms with Gasteiger partial charge in [0.15, 0.2) is 0 Å². The quantitative estimate of drug-likeness (QED) is 0.591. The number of rotatable bonds is 5. The van der Waals surface area contributed by atoms with Crippen LogP contribution in [0.5, 0.6) is 0 Å². The van der Waals surface area contributed by atoms with Crippen molar-refractivity contribution < 1.29 is 14.6 Å². The van der Waals surface area contributed by atoms with Crippen molar-refractivity contribution in [2.45, 2.75) is 19.9 Å². The Balaban J connectivity index is 4.19. The van der Waals surface area contributed by atoms with Gasteiger partial charge < -0.3 is 9.84 Å². The van der Waals surface area contributed by atoms with Gasteiger partial charge in [-0.05, 0) is 13.1 Å². The number of nitrogens with zero attached hydrogens (tertiary/aromatic N) is 1. The van der Waals surface area contributed by atoms with Crippen molar-refractivity contribution in [3.8, 4) is 0 Å². The Labute approximate surface area is 73.1 Å². The molecular weight excluding hydrogens is 158 g/mol. The fourth-order valence-electron chi connectivity index (χ4n) is 1.14. The standard InChI is InChI=1S/C8H17NO3/c1-4-9(5-2)7(6-10)8(11)12-3/h7,10H,4-6H2,1-3H3. The summed E-state index contributed by atoms with van der Waals surface area (Å²) in [4.78, 5) is 12.9. The average Bonchev–Trinajstić information content (AvgIpc) is 2.12. The van der Waals surface area contributed by atoms with Crippen LogP contribution < -0.4 is 0 Å². The molecule has 0 aromatic heterocycles. The summed E-state index contributed by atoms with van der Waals surface area (Å²) in [6.45, 7) is 5.16. The smallest absolute Gasteiger partial charge is 0.325 e. The van der Waals surface area contributed by atoms with Crippen molar-refractivity contribution in [3.63, 3.8) is 0 Å². The van der Waals surface area contributed by atoms with E-state index in [-0.39, 0.29) is 12.6 Å². The Bertz CT molecular complexity index is 134. The van der Waals surface area contributed by atoms with Gasteiger partial charge in [-0.25, -0.2) is 0 Å². The first-order valence-electron chi connectivity index (χ1n) is 4.13. The van der Waals surface area contributed by atoms with Gasteiger partial charge in [-0.2, -0.15) is 0 Å². The third kappa shape index (κ3) is 2.79. The molecule has 0 heterocycles. The number of likely N-dealkylation sites (N-methyl/N-ethyl adjacent to an activating group) is 1. The summed E-state index contributed by atoms with van der Waals surface area (Å²) in [5.74, 6) is -0.374. The van der Waals surface area contributed by atoms with Crippen LogP contribution in [0.3, 0.4) is 0 Å². The van der Waals surface area contributed by atoms with E-state index in [1.165, 1.54) is 7.11 Å². The largest absolute Gasteiger partial charge is 0.468 e. The maximum atomic E-state index is 11.1. The van der Waals surface area contributed by atoms with Gasteiger partial charge in [-0.15, -0.1) is 0 Å². The lowest BCUT2D eigenvalue weighted by Crippen LogP contribution is -2.44. The molecule has 1 N–H and O–H groups in total. The predicted molar refractivity (Wildman–Crippen MR) is 45.8 cm³/mol. The molecule has 4 nitrogen and oxygen atoms in total. The molecule has 72 valence electrons. The van der Waals surface area contributed by atoms with E-state index in [1.54, 1.807) is 0 Å². The number of carbonyl (C=O) groups is 1. The van der Waals surface area contributed by atoms with Crippen molar-refractivity contribution in [1.82, 2.24) is 4.90 Å². The van der Waals surface area contributed by atoms with Gasteiger partial charge in [-0.1, -0.05) is 13.8 Å². The summed E-state index contributed by atoms with van der Waals surface area (Å²) in [6.07, 6.45) is 0. The fraction of sp³-hybridized carbons (Fsp3) is 0.875. The molecule has 0 fully saturated rings. The zero-order valence-electron chi connectivity index (χ0n) is 7.91. The van der Waals surface area contributed by atoms with Gasteiger partial charge in [-0.3, -0.25) is 9.69 Å². The van der Waals surface area contributed by atoms with Crippen LogP contribution in [0.2, 0.25) is 0 Å². The number of ether oxygens (including phenoxy) is 1. The van der Waals surface area contributed by atoms with Crippen LogP contribution in [0.15, 0.2) is 0 Å². The van der Waals surface area contributed by atoms with Crippen LogP contribution in [0.25, 0.3) is 0 Å². The molecule has 12 heavy (non-hydrogen) atoms. The van der Waals surface area contributed by atoms with Crippen molar-refractivity contribution >= 4 is 5.97 Å². The summed E-state index contributed by atoms with van der Waals surface area (Å²) < 4.78 is 4.55. The van der Waals surface area contributed by atoms with Crippen LogP contribution in [-0.2, 0) is 9.53 Å². The molecule has 0 rings (SSSR count). The molecule has 0 aliphatic heterocycles. The number of aliphatic hydroxyl groups excluding tert-OH is 1. The molecule has 1 unspecified atom stereocenters. The van der Waals surface area contributed by atoms with Crippen molar-refractivity contribution in [3.05, 3.63) is 0 Å². The van der Waals surface area contributed by atoms with E-state index in [2.05, 4.69) is 4.74 Å². The maximum absolute atomic E-state index is 11.1. The average molecular weight is 175 g/mol. The van der Waals surface area contributed by atoms with E-state index in [0.29, 0.717) is 0 Å². The first-order valence-corrected chi connectivity index (χ1v) is 4.13. The Morgan fingerprint density at radius 3 is 2.25 bits per heavy atom. The molecular formula is C8H17NO3. The third-order valence-electron chi connectivity index (χ3n) is 1.90. The summed E-state index contributed by atoms with van der Waals surface area (Å²) in [7, 11) is 1.33. The summed E-state index contributed by atoms with van der Waals surface area (Å²) in [5, 5.41) is 8.92.